The van der Waals surface area contributed by atoms with E-state index in [-0.39, 0.29) is 25.0 Å². The van der Waals surface area contributed by atoms with Crippen LogP contribution in [0.15, 0.2) is 73.1 Å². The Morgan fingerprint density at radius 3 is 2.46 bits per heavy atom. The summed E-state index contributed by atoms with van der Waals surface area (Å²) >= 11 is 12.9. The minimum Gasteiger partial charge on any atom is -0.496 e. The van der Waals surface area contributed by atoms with E-state index in [4.69, 9.17) is 32.7 Å². The predicted molar refractivity (Wildman–Crippen MR) is 200 cm³/mol. The fraction of sp³-hybridized carbons (Fsp3) is 0.421. The molecule has 1 aromatic heterocycles. The first-order valence-electron chi connectivity index (χ1n) is 17.9. The maximum atomic E-state index is 14.2. The molecule has 0 aliphatic carbocycles. The van der Waals surface area contributed by atoms with Crippen molar-refractivity contribution < 1.29 is 29.0 Å². The Bertz CT molecular complexity index is 1980. The van der Waals surface area contributed by atoms with E-state index in [1.165, 1.54) is 23.1 Å². The first-order valence-corrected chi connectivity index (χ1v) is 18.7. The van der Waals surface area contributed by atoms with Crippen LogP contribution in [0.2, 0.25) is 10.0 Å². The van der Waals surface area contributed by atoms with Gasteiger partial charge in [-0.15, -0.1) is 5.10 Å². The van der Waals surface area contributed by atoms with Crippen molar-refractivity contribution in [3.05, 3.63) is 99.8 Å². The number of aliphatic carboxylic acids is 1. The first-order chi connectivity index (χ1) is 26.1. The van der Waals surface area contributed by atoms with Gasteiger partial charge < -0.3 is 24.4 Å². The number of halogens is 2. The number of tetrazole rings is 1. The zero-order chi connectivity index (χ0) is 37.9. The monoisotopic (exact) mass is 776 g/mol. The number of nitrogens with one attached hydrogen (secondary N) is 1. The normalized spacial score (nSPS) is 21.8. The van der Waals surface area contributed by atoms with E-state index in [0.717, 1.165) is 24.1 Å². The van der Waals surface area contributed by atoms with Crippen molar-refractivity contribution in [2.24, 2.45) is 0 Å². The second kappa shape index (κ2) is 16.0. The molecule has 0 saturated carbocycles. The Morgan fingerprint density at radius 2 is 1.76 bits per heavy atom. The number of piperidine rings is 1. The number of aromatic nitrogens is 4. The molecule has 7 rings (SSSR count). The summed E-state index contributed by atoms with van der Waals surface area (Å²) in [4.78, 5) is 44.6. The van der Waals surface area contributed by atoms with Crippen molar-refractivity contribution in [2.45, 2.75) is 42.6 Å². The van der Waals surface area contributed by atoms with Crippen molar-refractivity contribution in [3.63, 3.8) is 0 Å². The second-order valence-electron chi connectivity index (χ2n) is 14.1. The van der Waals surface area contributed by atoms with Gasteiger partial charge in [0.25, 0.3) is 5.91 Å². The highest BCUT2D eigenvalue weighted by Crippen LogP contribution is 2.42. The molecule has 14 nitrogen and oxygen atoms in total. The minimum atomic E-state index is -1.04. The summed E-state index contributed by atoms with van der Waals surface area (Å²) in [5.74, 6) is -0.960. The highest BCUT2D eigenvalue weighted by molar-refractivity contribution is 6.42. The third kappa shape index (κ3) is 7.53. The van der Waals surface area contributed by atoms with Gasteiger partial charge in [0, 0.05) is 25.0 Å². The van der Waals surface area contributed by atoms with Crippen molar-refractivity contribution in [1.82, 2.24) is 40.4 Å². The molecule has 3 saturated heterocycles. The van der Waals surface area contributed by atoms with Crippen LogP contribution in [0.3, 0.4) is 0 Å². The fourth-order valence-electron chi connectivity index (χ4n) is 8.03. The molecule has 16 heteroatoms. The van der Waals surface area contributed by atoms with Crippen LogP contribution in [0.5, 0.6) is 5.75 Å². The number of carbonyl (C=O) groups is 3. The Balaban J connectivity index is 1.09. The molecule has 3 aliphatic heterocycles. The molecular weight excluding hydrogens is 735 g/mol. The largest absolute Gasteiger partial charge is 0.496 e. The molecule has 2 atom stereocenters. The molecule has 0 bridgehead atoms. The van der Waals surface area contributed by atoms with Crippen LogP contribution < -0.4 is 10.2 Å². The molecule has 284 valence electrons. The molecule has 2 unspecified atom stereocenters. The highest BCUT2D eigenvalue weighted by Gasteiger charge is 2.46. The molecule has 0 spiro atoms. The lowest BCUT2D eigenvalue weighted by Crippen LogP contribution is -2.62. The number of benzene rings is 3. The summed E-state index contributed by atoms with van der Waals surface area (Å²) in [6.07, 6.45) is 4.01. The van der Waals surface area contributed by atoms with Crippen LogP contribution in [0.4, 0.5) is 0 Å². The van der Waals surface area contributed by atoms with Gasteiger partial charge in [-0.3, -0.25) is 19.8 Å². The van der Waals surface area contributed by atoms with Gasteiger partial charge >= 0.3 is 5.97 Å². The van der Waals surface area contributed by atoms with Crippen molar-refractivity contribution in [2.75, 3.05) is 59.6 Å². The number of hydrogen-bond donors (Lipinski definition) is 2. The molecule has 54 heavy (non-hydrogen) atoms. The van der Waals surface area contributed by atoms with Crippen LogP contribution in [-0.4, -0.2) is 124 Å². The van der Waals surface area contributed by atoms with Crippen molar-refractivity contribution in [1.29, 1.82) is 0 Å². The average molecular weight is 778 g/mol. The van der Waals surface area contributed by atoms with E-state index in [9.17, 15) is 19.5 Å². The number of methoxy groups -OCH3 is 1. The van der Waals surface area contributed by atoms with E-state index in [2.05, 4.69) is 25.9 Å². The van der Waals surface area contributed by atoms with Gasteiger partial charge in [0.05, 0.1) is 47.0 Å². The Hall–Kier alpha value is -4.60. The number of likely N-dealkylation sites (tertiary alicyclic amines) is 2. The lowest BCUT2D eigenvalue weighted by atomic mass is 9.71. The fourth-order valence-corrected chi connectivity index (χ4v) is 8.32. The Morgan fingerprint density at radius 1 is 0.963 bits per heavy atom. The smallest absolute Gasteiger partial charge is 0.325 e. The van der Waals surface area contributed by atoms with E-state index in [1.807, 2.05) is 47.4 Å². The van der Waals surface area contributed by atoms with Gasteiger partial charge in [-0.25, -0.2) is 9.69 Å². The molecule has 3 fully saturated rings. The topological polar surface area (TPSA) is 155 Å². The average Bonchev–Trinajstić information content (AvgIpc) is 3.90. The number of hydrazine groups is 1. The standard InChI is InChI=1S/C38H42Cl2N8O6/c1-53-33-10-8-28(48-25-41-43-44-48)22-29(33)34(49)46-18-12-37(24-46,27-7-9-30(39)31(40)21-27)11-15-45-16-13-38(14-17-45,26-5-3-2-4-6-26)36(52)42-47-19-20-54-23-32(47)35(50)51/h2-10,21-22,25,32H,11-20,23-24H2,1H3,(H,42,52)(H,50,51). The summed E-state index contributed by atoms with van der Waals surface area (Å²) in [5, 5.41) is 23.6. The molecule has 4 aromatic rings. The lowest BCUT2D eigenvalue weighted by molar-refractivity contribution is -0.156. The maximum absolute atomic E-state index is 14.2. The van der Waals surface area contributed by atoms with Crippen LogP contribution >= 0.6 is 23.2 Å². The number of nitrogens with zero attached hydrogens (tertiary/aromatic N) is 7. The van der Waals surface area contributed by atoms with Crippen LogP contribution in [0, 0.1) is 0 Å². The lowest BCUT2D eigenvalue weighted by Gasteiger charge is -2.44. The second-order valence-corrected chi connectivity index (χ2v) is 14.9. The molecule has 2 N–H and O–H groups in total. The van der Waals surface area contributed by atoms with Crippen molar-refractivity contribution >= 4 is 41.0 Å². The number of hydrogen-bond acceptors (Lipinski definition) is 10. The van der Waals surface area contributed by atoms with Gasteiger partial charge in [-0.2, -0.15) is 0 Å². The van der Waals surface area contributed by atoms with Gasteiger partial charge in [-0.1, -0.05) is 59.6 Å². The van der Waals surface area contributed by atoms with E-state index in [0.29, 0.717) is 79.1 Å². The summed E-state index contributed by atoms with van der Waals surface area (Å²) < 4.78 is 12.5. The summed E-state index contributed by atoms with van der Waals surface area (Å²) in [5.41, 5.74) is 4.67. The van der Waals surface area contributed by atoms with E-state index >= 15 is 0 Å². The van der Waals surface area contributed by atoms with Gasteiger partial charge in [0.1, 0.15) is 18.1 Å². The minimum absolute atomic E-state index is 0.00592. The summed E-state index contributed by atoms with van der Waals surface area (Å²) in [6.45, 7) is 3.62. The number of morpholine rings is 1. The molecule has 3 aromatic carbocycles. The van der Waals surface area contributed by atoms with Gasteiger partial charge in [0.2, 0.25) is 5.91 Å². The first kappa shape index (κ1) is 37.7. The predicted octanol–water partition coefficient (Wildman–Crippen LogP) is 4.00. The maximum Gasteiger partial charge on any atom is 0.325 e. The quantitative estimate of drug-likeness (QED) is 0.227. The third-order valence-electron chi connectivity index (χ3n) is 11.2. The Kier molecular flexibility index (Phi) is 11.2. The summed E-state index contributed by atoms with van der Waals surface area (Å²) in [6, 6.07) is 19.8. The molecule has 4 heterocycles. The van der Waals surface area contributed by atoms with Gasteiger partial charge in [-0.05, 0) is 97.2 Å². The third-order valence-corrected chi connectivity index (χ3v) is 12.0. The zero-order valence-electron chi connectivity index (χ0n) is 29.9. The Labute approximate surface area is 322 Å². The molecule has 2 amide bonds. The highest BCUT2D eigenvalue weighted by atomic mass is 35.5. The molecular formula is C38H42Cl2N8O6. The van der Waals surface area contributed by atoms with Gasteiger partial charge in [0.15, 0.2) is 0 Å². The molecule has 0 radical (unpaired) electrons. The van der Waals surface area contributed by atoms with Crippen molar-refractivity contribution in [3.8, 4) is 11.4 Å². The van der Waals surface area contributed by atoms with Crippen LogP contribution in [0.1, 0.15) is 47.2 Å². The number of rotatable bonds is 11. The molecule has 3 aliphatic rings. The zero-order valence-corrected chi connectivity index (χ0v) is 31.4. The van der Waals surface area contributed by atoms with E-state index in [1.54, 1.807) is 24.3 Å². The van der Waals surface area contributed by atoms with Crippen LogP contribution in [-0.2, 0) is 25.2 Å². The number of ether oxygens (including phenoxy) is 2. The van der Waals surface area contributed by atoms with Crippen LogP contribution in [0.25, 0.3) is 5.69 Å². The van der Waals surface area contributed by atoms with E-state index < -0.39 is 22.8 Å². The summed E-state index contributed by atoms with van der Waals surface area (Å²) in [7, 11) is 1.54. The number of carboxylic acid groups (broad SMARTS) is 1. The SMILES string of the molecule is COc1ccc(-n2cnnn2)cc1C(=O)N1CCC(CCN2CCC(C(=O)NN3CCOCC3C(=O)O)(c3ccccc3)CC2)(c2ccc(Cl)c(Cl)c2)C1. The number of carboxylic acids is 1. The number of carbonyl (C=O) groups excluding carboxylic acids is 2. The number of amides is 2.